The molecule has 0 amide bonds. The molecule has 2 aromatic heterocycles. The van der Waals surface area contributed by atoms with Crippen molar-refractivity contribution in [3.63, 3.8) is 0 Å². The van der Waals surface area contributed by atoms with Gasteiger partial charge in [-0.3, -0.25) is 0 Å². The zero-order chi connectivity index (χ0) is 15.1. The summed E-state index contributed by atoms with van der Waals surface area (Å²) in [4.78, 5) is 13.5. The quantitative estimate of drug-likeness (QED) is 0.880. The fourth-order valence-corrected chi connectivity index (χ4v) is 3.76. The lowest BCUT2D eigenvalue weighted by atomic mass is 10.5. The number of hydrogen-bond donors (Lipinski definition) is 1. The zero-order valence-corrected chi connectivity index (χ0v) is 15.3. The molecule has 0 saturated carbocycles. The maximum Gasteiger partial charge on any atom is 0.244 e. The van der Waals surface area contributed by atoms with Crippen LogP contribution in [-0.4, -0.2) is 42.8 Å². The van der Waals surface area contributed by atoms with Crippen molar-refractivity contribution in [2.45, 2.75) is 39.3 Å². The van der Waals surface area contributed by atoms with Gasteiger partial charge in [0.15, 0.2) is 19.4 Å². The molecule has 0 unspecified atom stereocenters. The molecule has 0 aliphatic rings. The lowest BCUT2D eigenvalue weighted by Gasteiger charge is -2.20. The number of hydrogen-bond acceptors (Lipinski definition) is 5. The van der Waals surface area contributed by atoms with Gasteiger partial charge in [-0.05, 0) is 19.6 Å². The van der Waals surface area contributed by atoms with Crippen LogP contribution in [0.15, 0.2) is 6.33 Å². The lowest BCUT2D eigenvalue weighted by Crippen LogP contribution is -2.32. The third-order valence-corrected chi connectivity index (χ3v) is 5.29. The van der Waals surface area contributed by atoms with Crippen LogP contribution >= 0.6 is 0 Å². The molecule has 110 valence electrons. The van der Waals surface area contributed by atoms with Crippen LogP contribution in [0.3, 0.4) is 0 Å². The molecule has 0 fully saturated rings. The molecule has 0 spiro atoms. The van der Waals surface area contributed by atoms with Crippen molar-refractivity contribution in [1.82, 2.24) is 19.2 Å². The Morgan fingerprint density at radius 1 is 1.10 bits per heavy atom. The largest absolute Gasteiger partial charge is 0.530 e. The minimum Gasteiger partial charge on any atom is -0.530 e. The zero-order valence-electron chi connectivity index (χ0n) is 13.3. The highest BCUT2D eigenvalue weighted by molar-refractivity contribution is 6.75. The van der Waals surface area contributed by atoms with Gasteiger partial charge in [0.2, 0.25) is 20.1 Å². The van der Waals surface area contributed by atoms with E-state index in [2.05, 4.69) is 63.8 Å². The average molecular weight is 310 g/mol. The van der Waals surface area contributed by atoms with Crippen molar-refractivity contribution in [2.24, 2.45) is 0 Å². The predicted octanol–water partition coefficient (Wildman–Crippen LogP) is 2.76. The Morgan fingerprint density at radius 2 is 1.75 bits per heavy atom. The molecular formula is C12H23N5OSi2. The van der Waals surface area contributed by atoms with E-state index in [9.17, 15) is 0 Å². The summed E-state index contributed by atoms with van der Waals surface area (Å²) >= 11 is 0. The predicted molar refractivity (Wildman–Crippen MR) is 87.6 cm³/mol. The first kappa shape index (κ1) is 15.0. The number of nitrogens with one attached hydrogen (secondary N) is 1. The van der Waals surface area contributed by atoms with Crippen molar-refractivity contribution >= 4 is 33.7 Å². The highest BCUT2D eigenvalue weighted by Crippen LogP contribution is 2.26. The van der Waals surface area contributed by atoms with Crippen LogP contribution in [-0.2, 0) is 0 Å². The standard InChI is InChI=1S/C12H23N5OSi2/c1-13-12-15-10-9(11(16-12)18-20(5,6)7)14-8-17(10)19(2,3)4/h8H,1-7H3,(H,13,15,16). The topological polar surface area (TPSA) is 64.9 Å². The van der Waals surface area contributed by atoms with E-state index >= 15 is 0 Å². The Kier molecular flexibility index (Phi) is 3.63. The van der Waals surface area contributed by atoms with Crippen LogP contribution in [0.25, 0.3) is 11.2 Å². The van der Waals surface area contributed by atoms with Gasteiger partial charge in [-0.25, -0.2) is 4.98 Å². The SMILES string of the molecule is CNc1nc(O[Si](C)(C)C)c2ncn([Si](C)(C)C)c2n1. The summed E-state index contributed by atoms with van der Waals surface area (Å²) in [6.07, 6.45) is 1.86. The van der Waals surface area contributed by atoms with Gasteiger partial charge in [-0.2, -0.15) is 9.97 Å². The van der Waals surface area contributed by atoms with Gasteiger partial charge >= 0.3 is 0 Å². The summed E-state index contributed by atoms with van der Waals surface area (Å²) in [5.41, 5.74) is 1.62. The molecule has 1 N–H and O–H groups in total. The average Bonchev–Trinajstić information content (AvgIpc) is 2.70. The summed E-state index contributed by atoms with van der Waals surface area (Å²) < 4.78 is 8.25. The molecular weight excluding hydrogens is 286 g/mol. The van der Waals surface area contributed by atoms with Crippen LogP contribution in [0.4, 0.5) is 5.95 Å². The van der Waals surface area contributed by atoms with E-state index in [1.165, 1.54) is 0 Å². The summed E-state index contributed by atoms with van der Waals surface area (Å²) in [6, 6.07) is 0. The number of imidazole rings is 1. The highest BCUT2D eigenvalue weighted by Gasteiger charge is 2.25. The number of anilines is 1. The van der Waals surface area contributed by atoms with Gasteiger partial charge in [-0.15, -0.1) is 0 Å². The van der Waals surface area contributed by atoms with Crippen LogP contribution in [0.5, 0.6) is 5.88 Å². The van der Waals surface area contributed by atoms with Gasteiger partial charge in [0, 0.05) is 7.05 Å². The molecule has 0 aliphatic carbocycles. The summed E-state index contributed by atoms with van der Waals surface area (Å²) in [5, 5.41) is 3.00. The summed E-state index contributed by atoms with van der Waals surface area (Å²) in [5.74, 6) is 1.17. The third-order valence-electron chi connectivity index (χ3n) is 2.71. The van der Waals surface area contributed by atoms with Crippen LogP contribution in [0.2, 0.25) is 39.3 Å². The first-order valence-electron chi connectivity index (χ1n) is 6.74. The Bertz CT molecular complexity index is 627. The van der Waals surface area contributed by atoms with E-state index in [1.807, 2.05) is 13.4 Å². The molecule has 0 bridgehead atoms. The second kappa shape index (κ2) is 4.85. The maximum absolute atomic E-state index is 6.07. The molecule has 0 radical (unpaired) electrons. The lowest BCUT2D eigenvalue weighted by molar-refractivity contribution is 0.539. The minimum atomic E-state index is -1.74. The molecule has 0 aliphatic heterocycles. The van der Waals surface area contributed by atoms with Crippen molar-refractivity contribution < 1.29 is 4.43 Å². The number of fused-ring (bicyclic) bond motifs is 1. The molecule has 0 saturated heterocycles. The first-order valence-corrected chi connectivity index (χ1v) is 13.6. The van der Waals surface area contributed by atoms with Crippen LogP contribution in [0.1, 0.15) is 0 Å². The fourth-order valence-electron chi connectivity index (χ4n) is 1.84. The van der Waals surface area contributed by atoms with Crippen molar-refractivity contribution in [3.8, 4) is 5.88 Å². The fraction of sp³-hybridized carbons (Fsp3) is 0.583. The third kappa shape index (κ3) is 3.01. The van der Waals surface area contributed by atoms with E-state index in [-0.39, 0.29) is 0 Å². The Hall–Kier alpha value is -1.42. The van der Waals surface area contributed by atoms with Crippen molar-refractivity contribution in [2.75, 3.05) is 12.4 Å². The number of aromatic nitrogens is 4. The molecule has 20 heavy (non-hydrogen) atoms. The highest BCUT2D eigenvalue weighted by atomic mass is 28.4. The molecule has 2 rings (SSSR count). The smallest absolute Gasteiger partial charge is 0.244 e. The van der Waals surface area contributed by atoms with Gasteiger partial charge in [0.05, 0.1) is 6.33 Å². The first-order chi connectivity index (χ1) is 9.12. The van der Waals surface area contributed by atoms with Gasteiger partial charge in [-0.1, -0.05) is 19.6 Å². The number of rotatable bonds is 4. The van der Waals surface area contributed by atoms with E-state index in [0.717, 1.165) is 11.2 Å². The van der Waals surface area contributed by atoms with Gasteiger partial charge in [0.25, 0.3) is 0 Å². The van der Waals surface area contributed by atoms with Crippen LogP contribution in [0, 0.1) is 0 Å². The normalized spacial score (nSPS) is 12.8. The molecule has 8 heteroatoms. The molecule has 2 aromatic rings. The Balaban J connectivity index is 2.67. The molecule has 6 nitrogen and oxygen atoms in total. The Labute approximate surface area is 121 Å². The Morgan fingerprint density at radius 3 is 2.25 bits per heavy atom. The summed E-state index contributed by atoms with van der Waals surface area (Å²) in [7, 11) is -1.50. The van der Waals surface area contributed by atoms with E-state index in [0.29, 0.717) is 11.8 Å². The molecule has 0 atom stereocenters. The summed E-state index contributed by atoms with van der Waals surface area (Å²) in [6.45, 7) is 13.2. The second-order valence-corrected chi connectivity index (χ2v) is 16.0. The molecule has 2 heterocycles. The second-order valence-electron chi connectivity index (χ2n) is 6.77. The van der Waals surface area contributed by atoms with Crippen molar-refractivity contribution in [3.05, 3.63) is 6.33 Å². The van der Waals surface area contributed by atoms with E-state index in [4.69, 9.17) is 4.43 Å². The van der Waals surface area contributed by atoms with Gasteiger partial charge in [0.1, 0.15) is 0 Å². The van der Waals surface area contributed by atoms with E-state index < -0.39 is 16.6 Å². The minimum absolute atomic E-state index is 0.575. The molecule has 0 aromatic carbocycles. The van der Waals surface area contributed by atoms with Crippen LogP contribution < -0.4 is 9.74 Å². The van der Waals surface area contributed by atoms with Crippen molar-refractivity contribution in [1.29, 1.82) is 0 Å². The maximum atomic E-state index is 6.07. The van der Waals surface area contributed by atoms with E-state index in [1.54, 1.807) is 0 Å². The monoisotopic (exact) mass is 309 g/mol. The van der Waals surface area contributed by atoms with Gasteiger partial charge < -0.3 is 14.0 Å². The number of nitrogens with zero attached hydrogens (tertiary/aromatic N) is 4.